The van der Waals surface area contributed by atoms with E-state index in [1.54, 1.807) is 36.4 Å². The van der Waals surface area contributed by atoms with Gasteiger partial charge in [0.25, 0.3) is 10.0 Å². The maximum absolute atomic E-state index is 13.0. The van der Waals surface area contributed by atoms with Crippen molar-refractivity contribution in [3.05, 3.63) is 70.3 Å². The Balaban J connectivity index is 1.86. The van der Waals surface area contributed by atoms with Crippen LogP contribution >= 0.6 is 23.2 Å². The molecule has 0 aliphatic rings. The molecule has 0 radical (unpaired) electrons. The monoisotopic (exact) mass is 468 g/mol. The third-order valence-electron chi connectivity index (χ3n) is 4.04. The summed E-state index contributed by atoms with van der Waals surface area (Å²) in [5, 5.41) is 0.831. The number of anilines is 1. The molecule has 7 nitrogen and oxygen atoms in total. The molecule has 0 unspecified atom stereocenters. The molecule has 1 N–H and O–H groups in total. The summed E-state index contributed by atoms with van der Waals surface area (Å²) in [6.07, 6.45) is 1.45. The first-order chi connectivity index (χ1) is 14.3. The molecular formula is C20H18Cl2N2O5S. The maximum atomic E-state index is 13.0. The molecule has 0 bridgehead atoms. The van der Waals surface area contributed by atoms with E-state index in [1.807, 2.05) is 0 Å². The van der Waals surface area contributed by atoms with Crippen LogP contribution in [0.1, 0.15) is 5.56 Å². The van der Waals surface area contributed by atoms with E-state index < -0.39 is 10.0 Å². The van der Waals surface area contributed by atoms with Gasteiger partial charge < -0.3 is 14.2 Å². The fourth-order valence-corrected chi connectivity index (χ4v) is 4.08. The molecule has 0 saturated heterocycles. The zero-order valence-electron chi connectivity index (χ0n) is 16.1. The second-order valence-corrected chi connectivity index (χ2v) is 8.47. The van der Waals surface area contributed by atoms with Gasteiger partial charge in [0, 0.05) is 12.3 Å². The van der Waals surface area contributed by atoms with E-state index in [0.717, 1.165) is 5.56 Å². The number of sulfonamides is 1. The van der Waals surface area contributed by atoms with Gasteiger partial charge in [0.1, 0.15) is 23.0 Å². The van der Waals surface area contributed by atoms with Crippen LogP contribution < -0.4 is 18.9 Å². The molecule has 0 amide bonds. The minimum Gasteiger partial charge on any atom is -0.497 e. The van der Waals surface area contributed by atoms with Gasteiger partial charge in [-0.25, -0.2) is 13.4 Å². The average molecular weight is 469 g/mol. The Bertz CT molecular complexity index is 1160. The number of benzene rings is 2. The molecule has 3 aromatic rings. The van der Waals surface area contributed by atoms with Gasteiger partial charge in [-0.15, -0.1) is 0 Å². The van der Waals surface area contributed by atoms with Gasteiger partial charge in [0.15, 0.2) is 11.6 Å². The lowest BCUT2D eigenvalue weighted by Gasteiger charge is -2.15. The molecule has 2 aromatic carbocycles. The topological polar surface area (TPSA) is 86.8 Å². The molecule has 3 rings (SSSR count). The number of methoxy groups -OCH3 is 2. The third kappa shape index (κ3) is 5.08. The Morgan fingerprint density at radius 1 is 0.967 bits per heavy atom. The van der Waals surface area contributed by atoms with Gasteiger partial charge in [-0.05, 0) is 42.0 Å². The summed E-state index contributed by atoms with van der Waals surface area (Å²) in [7, 11) is -1.22. The Hall–Kier alpha value is -2.68. The van der Waals surface area contributed by atoms with Crippen LogP contribution in [0.4, 0.5) is 5.82 Å². The van der Waals surface area contributed by atoms with Gasteiger partial charge in [-0.1, -0.05) is 29.3 Å². The average Bonchev–Trinajstić information content (AvgIpc) is 2.74. The fourth-order valence-electron chi connectivity index (χ4n) is 2.55. The van der Waals surface area contributed by atoms with Crippen molar-refractivity contribution >= 4 is 39.0 Å². The van der Waals surface area contributed by atoms with E-state index in [0.29, 0.717) is 15.8 Å². The second-order valence-electron chi connectivity index (χ2n) is 6.01. The first-order valence-electron chi connectivity index (χ1n) is 8.60. The Kier molecular flexibility index (Phi) is 6.91. The second kappa shape index (κ2) is 9.42. The lowest BCUT2D eigenvalue weighted by atomic mass is 10.2. The highest BCUT2D eigenvalue weighted by Crippen LogP contribution is 2.32. The number of hydrogen-bond donors (Lipinski definition) is 1. The van der Waals surface area contributed by atoms with Gasteiger partial charge in [-0.2, -0.15) is 0 Å². The van der Waals surface area contributed by atoms with Crippen LogP contribution in [0.15, 0.2) is 59.6 Å². The highest BCUT2D eigenvalue weighted by molar-refractivity contribution is 7.92. The summed E-state index contributed by atoms with van der Waals surface area (Å²) in [6.45, 7) is 0.139. The summed E-state index contributed by atoms with van der Waals surface area (Å²) in [4.78, 5) is 4.00. The third-order valence-corrected chi connectivity index (χ3v) is 6.14. The lowest BCUT2D eigenvalue weighted by Crippen LogP contribution is -2.16. The molecule has 0 spiro atoms. The Morgan fingerprint density at radius 3 is 2.47 bits per heavy atom. The van der Waals surface area contributed by atoms with Crippen LogP contribution in [0.2, 0.25) is 10.0 Å². The van der Waals surface area contributed by atoms with Crippen LogP contribution in [0.25, 0.3) is 0 Å². The highest BCUT2D eigenvalue weighted by atomic mass is 35.5. The van der Waals surface area contributed by atoms with Crippen molar-refractivity contribution in [2.75, 3.05) is 18.9 Å². The minimum absolute atomic E-state index is 0.0300. The fraction of sp³-hybridized carbons (Fsp3) is 0.150. The Labute approximate surface area is 184 Å². The smallest absolute Gasteiger partial charge is 0.266 e. The standard InChI is InChI=1S/C20H18Cl2N2O5S/c1-27-14-6-8-17(28-2)19(11-14)30(25,26)24-20-18(4-3-9-23-20)29-12-13-5-7-15(21)16(22)10-13/h3-11H,12H2,1-2H3,(H,23,24). The predicted octanol–water partition coefficient (Wildman–Crippen LogP) is 4.79. The van der Waals surface area contributed by atoms with Crippen molar-refractivity contribution in [1.29, 1.82) is 0 Å². The van der Waals surface area contributed by atoms with Gasteiger partial charge >= 0.3 is 0 Å². The molecule has 10 heteroatoms. The molecule has 0 fully saturated rings. The number of pyridine rings is 1. The number of ether oxygens (including phenoxy) is 3. The van der Waals surface area contributed by atoms with Crippen LogP contribution in [0, 0.1) is 0 Å². The summed E-state index contributed by atoms with van der Waals surface area (Å²) < 4.78 is 44.5. The number of nitrogens with zero attached hydrogens (tertiary/aromatic N) is 1. The van der Waals surface area contributed by atoms with Crippen molar-refractivity contribution in [3.8, 4) is 17.2 Å². The van der Waals surface area contributed by atoms with Gasteiger partial charge in [0.05, 0.1) is 24.3 Å². The molecule has 0 saturated carbocycles. The molecule has 1 aromatic heterocycles. The predicted molar refractivity (Wildman–Crippen MR) is 115 cm³/mol. The van der Waals surface area contributed by atoms with Crippen LogP contribution in [-0.4, -0.2) is 27.6 Å². The molecule has 0 aliphatic heterocycles. The van der Waals surface area contributed by atoms with Crippen molar-refractivity contribution in [1.82, 2.24) is 4.98 Å². The van der Waals surface area contributed by atoms with E-state index in [9.17, 15) is 8.42 Å². The highest BCUT2D eigenvalue weighted by Gasteiger charge is 2.23. The Morgan fingerprint density at radius 2 is 1.77 bits per heavy atom. The number of hydrogen-bond acceptors (Lipinski definition) is 6. The zero-order chi connectivity index (χ0) is 21.7. The van der Waals surface area contributed by atoms with E-state index in [2.05, 4.69) is 9.71 Å². The first-order valence-corrected chi connectivity index (χ1v) is 10.8. The summed E-state index contributed by atoms with van der Waals surface area (Å²) in [5.74, 6) is 0.808. The van der Waals surface area contributed by atoms with Crippen molar-refractivity contribution in [3.63, 3.8) is 0 Å². The van der Waals surface area contributed by atoms with Crippen LogP contribution in [0.5, 0.6) is 17.2 Å². The largest absolute Gasteiger partial charge is 0.497 e. The first kappa shape index (κ1) is 22.0. The van der Waals surface area contributed by atoms with E-state index >= 15 is 0 Å². The quantitative estimate of drug-likeness (QED) is 0.511. The van der Waals surface area contributed by atoms with Crippen LogP contribution in [0.3, 0.4) is 0 Å². The molecule has 1 heterocycles. The van der Waals surface area contributed by atoms with Crippen molar-refractivity contribution < 1.29 is 22.6 Å². The lowest BCUT2D eigenvalue weighted by molar-refractivity contribution is 0.307. The molecule has 0 atom stereocenters. The van der Waals surface area contributed by atoms with Crippen molar-refractivity contribution in [2.24, 2.45) is 0 Å². The summed E-state index contributed by atoms with van der Waals surface area (Å²) >= 11 is 11.9. The maximum Gasteiger partial charge on any atom is 0.266 e. The normalized spacial score (nSPS) is 11.1. The number of aromatic nitrogens is 1. The van der Waals surface area contributed by atoms with Gasteiger partial charge in [-0.3, -0.25) is 4.72 Å². The van der Waals surface area contributed by atoms with E-state index in [-0.39, 0.29) is 28.8 Å². The minimum atomic E-state index is -4.04. The number of rotatable bonds is 8. The number of nitrogens with one attached hydrogen (secondary N) is 1. The van der Waals surface area contributed by atoms with E-state index in [4.69, 9.17) is 37.4 Å². The summed E-state index contributed by atoms with van der Waals surface area (Å²) in [6, 6.07) is 12.8. The zero-order valence-corrected chi connectivity index (χ0v) is 18.4. The molecule has 158 valence electrons. The summed E-state index contributed by atoms with van der Waals surface area (Å²) in [5.41, 5.74) is 0.761. The number of halogens is 2. The van der Waals surface area contributed by atoms with Crippen LogP contribution in [-0.2, 0) is 16.6 Å². The molecule has 30 heavy (non-hydrogen) atoms. The molecule has 0 aliphatic carbocycles. The van der Waals surface area contributed by atoms with Crippen molar-refractivity contribution in [2.45, 2.75) is 11.5 Å². The van der Waals surface area contributed by atoms with Gasteiger partial charge in [0.2, 0.25) is 0 Å². The van der Waals surface area contributed by atoms with E-state index in [1.165, 1.54) is 32.5 Å². The molecular weight excluding hydrogens is 451 g/mol. The SMILES string of the molecule is COc1ccc(OC)c(S(=O)(=O)Nc2ncccc2OCc2ccc(Cl)c(Cl)c2)c1.